The number of para-hydroxylation sites is 1. The Labute approximate surface area is 89.0 Å². The number of fused-ring (bicyclic) bond motifs is 2. The predicted octanol–water partition coefficient (Wildman–Crippen LogP) is 3.84. The zero-order valence-corrected chi connectivity index (χ0v) is 7.88. The van der Waals surface area contributed by atoms with Gasteiger partial charge in [0.25, 0.3) is 0 Å². The SMILES string of the molecule is Fc1cc(-c2cccc3c2O3)c2c(c1F)O2. The Morgan fingerprint density at radius 2 is 1.75 bits per heavy atom. The van der Waals surface area contributed by atoms with Crippen LogP contribution in [0.2, 0.25) is 0 Å². The molecular formula is C12H4F2O2. The molecule has 2 nitrogen and oxygen atoms in total. The number of halogens is 2. The fourth-order valence-corrected chi connectivity index (χ4v) is 1.86. The number of ether oxygens (including phenoxy) is 2. The molecule has 0 spiro atoms. The lowest BCUT2D eigenvalue weighted by Crippen LogP contribution is -1.79. The van der Waals surface area contributed by atoms with Crippen molar-refractivity contribution in [2.45, 2.75) is 0 Å². The summed E-state index contributed by atoms with van der Waals surface area (Å²) in [6.07, 6.45) is 0. The molecule has 0 aromatic heterocycles. The average Bonchev–Trinajstić information content (AvgIpc) is 3.13. The van der Waals surface area contributed by atoms with E-state index in [1.807, 2.05) is 6.07 Å². The molecule has 4 heteroatoms. The van der Waals surface area contributed by atoms with Gasteiger partial charge in [-0.3, -0.25) is 0 Å². The van der Waals surface area contributed by atoms with Crippen LogP contribution in [0.15, 0.2) is 24.3 Å². The van der Waals surface area contributed by atoms with Crippen molar-refractivity contribution in [1.29, 1.82) is 0 Å². The summed E-state index contributed by atoms with van der Waals surface area (Å²) in [4.78, 5) is 0. The molecule has 2 aliphatic heterocycles. The highest BCUT2D eigenvalue weighted by molar-refractivity contribution is 5.87. The maximum absolute atomic E-state index is 13.2. The van der Waals surface area contributed by atoms with E-state index in [-0.39, 0.29) is 5.75 Å². The van der Waals surface area contributed by atoms with Crippen molar-refractivity contribution in [3.8, 4) is 34.1 Å². The second-order valence-corrected chi connectivity index (χ2v) is 3.72. The van der Waals surface area contributed by atoms with Gasteiger partial charge < -0.3 is 9.47 Å². The van der Waals surface area contributed by atoms with E-state index in [4.69, 9.17) is 9.47 Å². The summed E-state index contributed by atoms with van der Waals surface area (Å²) in [7, 11) is 0. The van der Waals surface area contributed by atoms with Crippen LogP contribution in [0, 0.1) is 11.6 Å². The third kappa shape index (κ3) is 0.888. The second kappa shape index (κ2) is 2.35. The van der Waals surface area contributed by atoms with Crippen molar-refractivity contribution in [2.75, 3.05) is 0 Å². The first-order valence-electron chi connectivity index (χ1n) is 4.77. The van der Waals surface area contributed by atoms with Gasteiger partial charge in [0, 0.05) is 11.1 Å². The lowest BCUT2D eigenvalue weighted by atomic mass is 10.1. The highest BCUT2D eigenvalue weighted by Gasteiger charge is 2.36. The molecule has 0 N–H and O–H groups in total. The molecule has 2 aromatic rings. The fourth-order valence-electron chi connectivity index (χ4n) is 1.86. The third-order valence-electron chi connectivity index (χ3n) is 2.73. The topological polar surface area (TPSA) is 25.1 Å². The molecule has 2 aromatic carbocycles. The summed E-state index contributed by atoms with van der Waals surface area (Å²) >= 11 is 0. The number of hydrogen-bond acceptors (Lipinski definition) is 2. The molecule has 0 saturated heterocycles. The smallest absolute Gasteiger partial charge is 0.209 e. The Morgan fingerprint density at radius 1 is 0.875 bits per heavy atom. The van der Waals surface area contributed by atoms with E-state index in [2.05, 4.69) is 0 Å². The van der Waals surface area contributed by atoms with Gasteiger partial charge in [0.15, 0.2) is 23.1 Å². The van der Waals surface area contributed by atoms with E-state index in [9.17, 15) is 8.78 Å². The molecule has 0 bridgehead atoms. The summed E-state index contributed by atoms with van der Waals surface area (Å²) in [6, 6.07) is 6.55. The van der Waals surface area contributed by atoms with Gasteiger partial charge in [0.1, 0.15) is 0 Å². The summed E-state index contributed by atoms with van der Waals surface area (Å²) in [6.45, 7) is 0. The zero-order valence-electron chi connectivity index (χ0n) is 7.88. The second-order valence-electron chi connectivity index (χ2n) is 3.72. The van der Waals surface area contributed by atoms with Crippen LogP contribution in [-0.4, -0.2) is 0 Å². The lowest BCUT2D eigenvalue weighted by Gasteiger charge is -1.95. The third-order valence-corrected chi connectivity index (χ3v) is 2.73. The van der Waals surface area contributed by atoms with E-state index in [1.54, 1.807) is 12.1 Å². The first kappa shape index (κ1) is 8.10. The van der Waals surface area contributed by atoms with Gasteiger partial charge in [-0.05, 0) is 12.1 Å². The van der Waals surface area contributed by atoms with Crippen LogP contribution in [0.25, 0.3) is 11.1 Å². The molecule has 0 aliphatic carbocycles. The quantitative estimate of drug-likeness (QED) is 0.453. The first-order chi connectivity index (χ1) is 7.75. The van der Waals surface area contributed by atoms with Crippen LogP contribution in [0.3, 0.4) is 0 Å². The Bertz CT molecular complexity index is 646. The largest absolute Gasteiger partial charge is 0.449 e. The summed E-state index contributed by atoms with van der Waals surface area (Å²) in [5, 5.41) is 0. The summed E-state index contributed by atoms with van der Waals surface area (Å²) < 4.78 is 36.4. The van der Waals surface area contributed by atoms with Gasteiger partial charge in [0.05, 0.1) is 0 Å². The minimum absolute atomic E-state index is 0.00764. The van der Waals surface area contributed by atoms with Gasteiger partial charge in [-0.15, -0.1) is 0 Å². The van der Waals surface area contributed by atoms with Crippen molar-refractivity contribution < 1.29 is 18.3 Å². The Balaban J connectivity index is 1.98. The minimum atomic E-state index is -0.920. The van der Waals surface area contributed by atoms with Crippen molar-refractivity contribution in [2.24, 2.45) is 0 Å². The molecule has 0 saturated carbocycles. The van der Waals surface area contributed by atoms with E-state index >= 15 is 0 Å². The molecule has 0 fully saturated rings. The maximum Gasteiger partial charge on any atom is 0.209 e. The van der Waals surface area contributed by atoms with Gasteiger partial charge in [-0.25, -0.2) is 4.39 Å². The molecule has 0 unspecified atom stereocenters. The van der Waals surface area contributed by atoms with Crippen molar-refractivity contribution in [1.82, 2.24) is 0 Å². The van der Waals surface area contributed by atoms with Gasteiger partial charge in [-0.1, -0.05) is 12.1 Å². The van der Waals surface area contributed by atoms with Crippen molar-refractivity contribution >= 4 is 0 Å². The predicted molar refractivity (Wildman–Crippen MR) is 51.9 cm³/mol. The van der Waals surface area contributed by atoms with Gasteiger partial charge in [0.2, 0.25) is 11.6 Å². The first-order valence-corrected chi connectivity index (χ1v) is 4.77. The number of rotatable bonds is 1. The monoisotopic (exact) mass is 218 g/mol. The van der Waals surface area contributed by atoms with Crippen LogP contribution in [0.4, 0.5) is 8.78 Å². The standard InChI is InChI=1S/C12H4F2O2/c13-7-4-6(11-12(16-11)9(7)14)5-2-1-3-8-10(5)15-8/h1-4H. The molecule has 0 amide bonds. The molecule has 78 valence electrons. The average molecular weight is 218 g/mol. The van der Waals surface area contributed by atoms with Crippen LogP contribution >= 0.6 is 0 Å². The highest BCUT2D eigenvalue weighted by atomic mass is 19.2. The Kier molecular flexibility index (Phi) is 1.19. The molecule has 0 radical (unpaired) electrons. The number of benzene rings is 2. The van der Waals surface area contributed by atoms with E-state index < -0.39 is 11.6 Å². The van der Waals surface area contributed by atoms with Crippen molar-refractivity contribution in [3.63, 3.8) is 0 Å². The molecule has 2 aliphatic rings. The van der Waals surface area contributed by atoms with Crippen LogP contribution < -0.4 is 9.47 Å². The van der Waals surface area contributed by atoms with Crippen LogP contribution in [0.1, 0.15) is 0 Å². The highest BCUT2D eigenvalue weighted by Crippen LogP contribution is 2.60. The van der Waals surface area contributed by atoms with Crippen molar-refractivity contribution in [3.05, 3.63) is 35.9 Å². The van der Waals surface area contributed by atoms with E-state index in [0.717, 1.165) is 17.4 Å². The zero-order chi connectivity index (χ0) is 10.9. The van der Waals surface area contributed by atoms with Gasteiger partial charge in [-0.2, -0.15) is 4.39 Å². The van der Waals surface area contributed by atoms with E-state index in [0.29, 0.717) is 17.1 Å². The normalized spacial score (nSPS) is 13.4. The fraction of sp³-hybridized carbons (Fsp3) is 0. The van der Waals surface area contributed by atoms with Crippen LogP contribution in [0.5, 0.6) is 23.0 Å². The molecular weight excluding hydrogens is 214 g/mol. The molecule has 2 heterocycles. The van der Waals surface area contributed by atoms with E-state index in [1.165, 1.54) is 0 Å². The summed E-state index contributed by atoms with van der Waals surface area (Å²) in [5.74, 6) is 0.0833. The minimum Gasteiger partial charge on any atom is -0.449 e. The Morgan fingerprint density at radius 3 is 2.62 bits per heavy atom. The lowest BCUT2D eigenvalue weighted by molar-refractivity contribution is 0.494. The Hall–Kier alpha value is -2.10. The molecule has 16 heavy (non-hydrogen) atoms. The molecule has 0 atom stereocenters. The molecule has 4 rings (SSSR count). The number of hydrogen-bond donors (Lipinski definition) is 0. The van der Waals surface area contributed by atoms with Gasteiger partial charge >= 0.3 is 0 Å². The maximum atomic E-state index is 13.2. The summed E-state index contributed by atoms with van der Waals surface area (Å²) in [5.41, 5.74) is 1.29. The van der Waals surface area contributed by atoms with Crippen LogP contribution in [-0.2, 0) is 0 Å².